The van der Waals surface area contributed by atoms with Gasteiger partial charge in [0.25, 0.3) is 0 Å². The van der Waals surface area contributed by atoms with E-state index in [9.17, 15) is 24.6 Å². The summed E-state index contributed by atoms with van der Waals surface area (Å²) in [4.78, 5) is 42.4. The number of nitrogens with zero attached hydrogens (tertiary/aromatic N) is 4. The van der Waals surface area contributed by atoms with Crippen LogP contribution in [0.4, 0.5) is 0 Å². The topological polar surface area (TPSA) is 117 Å². The number of nitrogens with one attached hydrogen (secondary N) is 1. The van der Waals surface area contributed by atoms with Gasteiger partial charge in [0, 0.05) is 65.3 Å². The van der Waals surface area contributed by atoms with Gasteiger partial charge in [-0.2, -0.15) is 0 Å². The van der Waals surface area contributed by atoms with E-state index >= 15 is 0 Å². The highest BCUT2D eigenvalue weighted by atomic mass is 16.4. The number of hydrogen-bond acceptors (Lipinski definition) is 7. The summed E-state index contributed by atoms with van der Waals surface area (Å²) in [5, 5.41) is 21.0. The molecule has 162 valence electrons. The highest BCUT2D eigenvalue weighted by Crippen LogP contribution is 2.08. The highest BCUT2D eigenvalue weighted by Gasteiger charge is 2.24. The van der Waals surface area contributed by atoms with Crippen LogP contribution in [0.2, 0.25) is 0 Å². The Labute approximate surface area is 167 Å². The fourth-order valence-electron chi connectivity index (χ4n) is 3.32. The van der Waals surface area contributed by atoms with Gasteiger partial charge < -0.3 is 25.3 Å². The Morgan fingerprint density at radius 1 is 0.893 bits per heavy atom. The van der Waals surface area contributed by atoms with Gasteiger partial charge in [-0.1, -0.05) is 6.92 Å². The van der Waals surface area contributed by atoms with Crippen LogP contribution in [0.1, 0.15) is 13.3 Å². The molecule has 0 aromatic heterocycles. The molecule has 1 fully saturated rings. The van der Waals surface area contributed by atoms with Crippen molar-refractivity contribution in [3.8, 4) is 0 Å². The zero-order valence-electron chi connectivity index (χ0n) is 17.3. The summed E-state index contributed by atoms with van der Waals surface area (Å²) in [7, 11) is 3.58. The molecular formula is C18H35N5O5. The molecule has 1 aliphatic rings. The Bertz CT molecular complexity index is 519. The van der Waals surface area contributed by atoms with E-state index < -0.39 is 11.9 Å². The first kappa shape index (κ1) is 24.3. The molecule has 1 heterocycles. The average Bonchev–Trinajstić information content (AvgIpc) is 2.63. The smallest absolute Gasteiger partial charge is 0.317 e. The normalized spacial score (nSPS) is 22.2. The zero-order chi connectivity index (χ0) is 21.1. The number of aliphatic carboxylic acids is 2. The molecule has 1 unspecified atom stereocenters. The Hall–Kier alpha value is -1.75. The molecule has 1 aliphatic heterocycles. The summed E-state index contributed by atoms with van der Waals surface area (Å²) >= 11 is 0. The molecule has 1 atom stereocenters. The summed E-state index contributed by atoms with van der Waals surface area (Å²) < 4.78 is 0. The zero-order valence-corrected chi connectivity index (χ0v) is 17.3. The van der Waals surface area contributed by atoms with Crippen LogP contribution in [0.15, 0.2) is 0 Å². The molecular weight excluding hydrogens is 366 g/mol. The van der Waals surface area contributed by atoms with Crippen molar-refractivity contribution < 1.29 is 24.6 Å². The van der Waals surface area contributed by atoms with Crippen molar-refractivity contribution in [2.24, 2.45) is 0 Å². The molecule has 0 aromatic rings. The number of amides is 1. The summed E-state index contributed by atoms with van der Waals surface area (Å²) in [6.07, 6.45) is 0.362. The minimum absolute atomic E-state index is 0.000992. The fourth-order valence-corrected chi connectivity index (χ4v) is 3.32. The molecule has 0 spiro atoms. The van der Waals surface area contributed by atoms with Crippen LogP contribution in [0.25, 0.3) is 0 Å². The largest absolute Gasteiger partial charge is 0.480 e. The van der Waals surface area contributed by atoms with Gasteiger partial charge >= 0.3 is 11.9 Å². The van der Waals surface area contributed by atoms with Crippen molar-refractivity contribution in [3.05, 3.63) is 0 Å². The first-order valence-electron chi connectivity index (χ1n) is 9.76. The van der Waals surface area contributed by atoms with E-state index in [1.54, 1.807) is 7.05 Å². The second kappa shape index (κ2) is 12.7. The van der Waals surface area contributed by atoms with Crippen molar-refractivity contribution in [3.63, 3.8) is 0 Å². The second-order valence-electron chi connectivity index (χ2n) is 7.24. The minimum atomic E-state index is -0.904. The first-order chi connectivity index (χ1) is 13.2. The lowest BCUT2D eigenvalue weighted by Crippen LogP contribution is -2.51. The van der Waals surface area contributed by atoms with Crippen LogP contribution in [-0.4, -0.2) is 133 Å². The standard InChI is InChI=1S/C18H35N5O5/c1-4-21-7-8-23(14-18(27)28)10-9-22(13-17(25)26)6-5-20(3)15(12-21)11-16(24)19-2/h15H,4-14H2,1-3H3,(H,19,24)(H,25,26)(H,27,28). The monoisotopic (exact) mass is 401 g/mol. The Morgan fingerprint density at radius 2 is 1.36 bits per heavy atom. The van der Waals surface area contributed by atoms with Crippen LogP contribution < -0.4 is 5.32 Å². The third-order valence-electron chi connectivity index (χ3n) is 5.19. The molecule has 0 aliphatic carbocycles. The van der Waals surface area contributed by atoms with Gasteiger partial charge in [-0.3, -0.25) is 24.2 Å². The van der Waals surface area contributed by atoms with Gasteiger partial charge in [0.15, 0.2) is 0 Å². The van der Waals surface area contributed by atoms with Gasteiger partial charge in [-0.25, -0.2) is 0 Å². The van der Waals surface area contributed by atoms with E-state index in [2.05, 4.69) is 22.0 Å². The number of carbonyl (C=O) groups is 3. The fraction of sp³-hybridized carbons (Fsp3) is 0.833. The number of hydrogen-bond donors (Lipinski definition) is 3. The third kappa shape index (κ3) is 9.45. The van der Waals surface area contributed by atoms with Crippen LogP contribution in [0, 0.1) is 0 Å². The molecule has 28 heavy (non-hydrogen) atoms. The molecule has 1 saturated heterocycles. The van der Waals surface area contributed by atoms with E-state index in [1.807, 2.05) is 16.8 Å². The summed E-state index contributed by atoms with van der Waals surface area (Å²) in [5.41, 5.74) is 0. The lowest BCUT2D eigenvalue weighted by atomic mass is 10.1. The van der Waals surface area contributed by atoms with Crippen molar-refractivity contribution in [2.75, 3.05) is 79.5 Å². The van der Waals surface area contributed by atoms with E-state index in [-0.39, 0.29) is 25.0 Å². The van der Waals surface area contributed by atoms with Crippen molar-refractivity contribution in [1.29, 1.82) is 0 Å². The maximum Gasteiger partial charge on any atom is 0.317 e. The Kier molecular flexibility index (Phi) is 11.0. The average molecular weight is 402 g/mol. The van der Waals surface area contributed by atoms with E-state index in [0.29, 0.717) is 52.2 Å². The van der Waals surface area contributed by atoms with Crippen molar-refractivity contribution in [2.45, 2.75) is 19.4 Å². The van der Waals surface area contributed by atoms with Gasteiger partial charge in [0.05, 0.1) is 13.1 Å². The van der Waals surface area contributed by atoms with Gasteiger partial charge in [0.1, 0.15) is 0 Å². The molecule has 1 rings (SSSR count). The second-order valence-corrected chi connectivity index (χ2v) is 7.24. The summed E-state index contributed by atoms with van der Waals surface area (Å²) in [6.45, 7) is 6.84. The number of carboxylic acids is 2. The number of rotatable bonds is 7. The van der Waals surface area contributed by atoms with Crippen molar-refractivity contribution in [1.82, 2.24) is 24.9 Å². The molecule has 0 bridgehead atoms. The molecule has 0 saturated carbocycles. The molecule has 10 heteroatoms. The van der Waals surface area contributed by atoms with Gasteiger partial charge in [-0.05, 0) is 13.6 Å². The Balaban J connectivity index is 2.95. The predicted molar refractivity (Wildman–Crippen MR) is 105 cm³/mol. The number of carbonyl (C=O) groups excluding carboxylic acids is 1. The highest BCUT2D eigenvalue weighted by molar-refractivity contribution is 5.76. The molecule has 1 amide bonds. The molecule has 3 N–H and O–H groups in total. The summed E-state index contributed by atoms with van der Waals surface area (Å²) in [6, 6.07) is -0.000992. The number of likely N-dealkylation sites (N-methyl/N-ethyl adjacent to an activating group) is 2. The third-order valence-corrected chi connectivity index (χ3v) is 5.19. The number of carboxylic acid groups (broad SMARTS) is 2. The minimum Gasteiger partial charge on any atom is -0.480 e. The van der Waals surface area contributed by atoms with Gasteiger partial charge in [-0.15, -0.1) is 0 Å². The quantitative estimate of drug-likeness (QED) is 0.470. The SMILES string of the molecule is CCN1CCN(CC(=O)O)CCN(CC(=O)O)CCN(C)C(CC(=O)NC)C1. The van der Waals surface area contributed by atoms with Gasteiger partial charge in [0.2, 0.25) is 5.91 Å². The molecule has 0 aromatic carbocycles. The lowest BCUT2D eigenvalue weighted by Gasteiger charge is -2.36. The maximum atomic E-state index is 12.0. The first-order valence-corrected chi connectivity index (χ1v) is 9.76. The van der Waals surface area contributed by atoms with Crippen molar-refractivity contribution >= 4 is 17.8 Å². The predicted octanol–water partition coefficient (Wildman–Crippen LogP) is -1.47. The van der Waals surface area contributed by atoms with E-state index in [1.165, 1.54) is 0 Å². The maximum absolute atomic E-state index is 12.0. The Morgan fingerprint density at radius 3 is 1.79 bits per heavy atom. The molecule has 0 radical (unpaired) electrons. The summed E-state index contributed by atoms with van der Waals surface area (Å²) in [5.74, 6) is -1.83. The van der Waals surface area contributed by atoms with E-state index in [4.69, 9.17) is 0 Å². The van der Waals surface area contributed by atoms with Crippen LogP contribution in [0.5, 0.6) is 0 Å². The lowest BCUT2D eigenvalue weighted by molar-refractivity contribution is -0.140. The molecule has 10 nitrogen and oxygen atoms in total. The van der Waals surface area contributed by atoms with Crippen LogP contribution in [0.3, 0.4) is 0 Å². The van der Waals surface area contributed by atoms with E-state index in [0.717, 1.165) is 6.54 Å². The van der Waals surface area contributed by atoms with Crippen LogP contribution in [-0.2, 0) is 14.4 Å². The van der Waals surface area contributed by atoms with Crippen LogP contribution >= 0.6 is 0 Å².